The third kappa shape index (κ3) is 37.8. The van der Waals surface area contributed by atoms with E-state index in [1.54, 1.807) is 6.08 Å². The van der Waals surface area contributed by atoms with Crippen molar-refractivity contribution < 1.29 is 49.3 Å². The maximum Gasteiger partial charge on any atom is 0.306 e. The lowest BCUT2D eigenvalue weighted by Gasteiger charge is -2.41. The van der Waals surface area contributed by atoms with Gasteiger partial charge in [-0.1, -0.05) is 257 Å². The van der Waals surface area contributed by atoms with Crippen molar-refractivity contribution in [1.82, 2.24) is 5.32 Å². The molecule has 11 heteroatoms. The Morgan fingerprint density at radius 1 is 0.528 bits per heavy atom. The van der Waals surface area contributed by atoms with E-state index < -0.39 is 67.4 Å². The molecule has 0 aromatic heterocycles. The molecule has 1 aliphatic heterocycles. The lowest BCUT2D eigenvalue weighted by Crippen LogP contribution is -2.61. The minimum absolute atomic E-state index is 0.129. The van der Waals surface area contributed by atoms with Crippen molar-refractivity contribution in [3.05, 3.63) is 24.3 Å². The van der Waals surface area contributed by atoms with Crippen LogP contribution < -0.4 is 5.32 Å². The highest BCUT2D eigenvalue weighted by molar-refractivity contribution is 5.80. The van der Waals surface area contributed by atoms with E-state index in [-0.39, 0.29) is 19.4 Å². The highest BCUT2D eigenvalue weighted by Crippen LogP contribution is 2.26. The third-order valence-corrected chi connectivity index (χ3v) is 14.6. The fourth-order valence-electron chi connectivity index (χ4n) is 9.71. The van der Waals surface area contributed by atoms with Crippen LogP contribution in [0.2, 0.25) is 0 Å². The molecule has 8 atom stereocenters. The van der Waals surface area contributed by atoms with Crippen LogP contribution >= 0.6 is 0 Å². The first-order valence-electron chi connectivity index (χ1n) is 30.6. The summed E-state index contributed by atoms with van der Waals surface area (Å²) < 4.78 is 17.6. The second-order valence-corrected chi connectivity index (χ2v) is 21.4. The van der Waals surface area contributed by atoms with Crippen molar-refractivity contribution in [2.24, 2.45) is 0 Å². The lowest BCUT2D eigenvalue weighted by atomic mass is 9.99. The summed E-state index contributed by atoms with van der Waals surface area (Å²) in [6.07, 6.45) is 46.4. The first-order valence-corrected chi connectivity index (χ1v) is 30.6. The number of hydrogen-bond acceptors (Lipinski definition) is 10. The molecule has 1 fully saturated rings. The van der Waals surface area contributed by atoms with Gasteiger partial charge in [0.25, 0.3) is 0 Å². The Bertz CT molecular complexity index is 1270. The molecule has 1 saturated heterocycles. The molecule has 0 aromatic rings. The van der Waals surface area contributed by atoms with E-state index >= 15 is 0 Å². The quantitative estimate of drug-likeness (QED) is 0.0195. The van der Waals surface area contributed by atoms with Gasteiger partial charge in [0.2, 0.25) is 5.91 Å². The van der Waals surface area contributed by atoms with E-state index in [9.17, 15) is 35.1 Å². The molecule has 1 rings (SSSR count). The van der Waals surface area contributed by atoms with Gasteiger partial charge >= 0.3 is 5.97 Å². The van der Waals surface area contributed by atoms with Crippen molar-refractivity contribution >= 4 is 11.9 Å². The maximum atomic E-state index is 13.4. The number of carbonyl (C=O) groups is 2. The highest BCUT2D eigenvalue weighted by atomic mass is 16.7. The second-order valence-electron chi connectivity index (χ2n) is 21.4. The van der Waals surface area contributed by atoms with E-state index in [0.29, 0.717) is 12.8 Å². The molecule has 6 N–H and O–H groups in total. The number of allylic oxidation sites excluding steroid dienone is 3. The number of aliphatic hydroxyl groups excluding tert-OH is 5. The Balaban J connectivity index is 2.69. The van der Waals surface area contributed by atoms with E-state index in [4.69, 9.17) is 14.2 Å². The number of aliphatic hydroxyl groups is 5. The summed E-state index contributed by atoms with van der Waals surface area (Å²) in [6.45, 7) is 5.80. The molecule has 0 radical (unpaired) electrons. The zero-order valence-corrected chi connectivity index (χ0v) is 46.8. The predicted octanol–water partition coefficient (Wildman–Crippen LogP) is 14.1. The van der Waals surface area contributed by atoms with Gasteiger partial charge in [-0.15, -0.1) is 0 Å². The number of unbranched alkanes of at least 4 members (excludes halogenated alkanes) is 36. The van der Waals surface area contributed by atoms with Crippen LogP contribution in [0.25, 0.3) is 0 Å². The first kappa shape index (κ1) is 68.2. The molecule has 0 saturated carbocycles. The second kappa shape index (κ2) is 50.0. The summed E-state index contributed by atoms with van der Waals surface area (Å²) in [5.41, 5.74) is 0. The van der Waals surface area contributed by atoms with Crippen LogP contribution in [0.5, 0.6) is 0 Å². The molecule has 11 nitrogen and oxygen atoms in total. The van der Waals surface area contributed by atoms with E-state index in [0.717, 1.165) is 70.6 Å². The van der Waals surface area contributed by atoms with Crippen LogP contribution in [-0.4, -0.2) is 99.6 Å². The van der Waals surface area contributed by atoms with Crippen molar-refractivity contribution in [3.63, 3.8) is 0 Å². The van der Waals surface area contributed by atoms with Gasteiger partial charge in [0, 0.05) is 6.42 Å². The largest absolute Gasteiger partial charge is 0.454 e. The minimum atomic E-state index is -1.61. The highest BCUT2D eigenvalue weighted by Gasteiger charge is 2.47. The Morgan fingerprint density at radius 3 is 1.35 bits per heavy atom. The molecule has 8 unspecified atom stereocenters. The van der Waals surface area contributed by atoms with E-state index in [2.05, 4.69) is 38.2 Å². The SMILES string of the molecule is CCCCCCCC/C=C/CCCCCCCCC(O)C(=O)NC(COC1OC(CO)C(O)C(O)C1OC(=O)CCCCCCCCCCCCCCCCC)C(O)/C=C/CCCCCCCCCCCC. The number of carbonyl (C=O) groups excluding carboxylic acids is 2. The van der Waals surface area contributed by atoms with Gasteiger partial charge in [-0.2, -0.15) is 0 Å². The monoisotopic (exact) mass is 1020 g/mol. The number of nitrogens with one attached hydrogen (secondary N) is 1. The summed E-state index contributed by atoms with van der Waals surface area (Å²) >= 11 is 0. The molecule has 0 spiro atoms. The van der Waals surface area contributed by atoms with E-state index in [1.165, 1.54) is 173 Å². The maximum absolute atomic E-state index is 13.4. The summed E-state index contributed by atoms with van der Waals surface area (Å²) in [6, 6.07) is -1.02. The number of hydrogen-bond donors (Lipinski definition) is 6. The van der Waals surface area contributed by atoms with Crippen LogP contribution in [0.3, 0.4) is 0 Å². The van der Waals surface area contributed by atoms with Gasteiger partial charge in [-0.05, 0) is 51.4 Å². The van der Waals surface area contributed by atoms with Crippen LogP contribution in [0.15, 0.2) is 24.3 Å². The van der Waals surface area contributed by atoms with Crippen molar-refractivity contribution in [1.29, 1.82) is 0 Å². The lowest BCUT2D eigenvalue weighted by molar-refractivity contribution is -0.305. The molecular weight excluding hydrogens is 907 g/mol. The summed E-state index contributed by atoms with van der Waals surface area (Å²) in [7, 11) is 0. The molecule has 0 bridgehead atoms. The standard InChI is InChI=1S/C61H115NO10/c1-4-7-10-13-16-19-22-25-27-29-30-33-36-39-42-45-48-54(65)60(69)62-52(53(64)47-44-41-38-35-32-24-21-18-15-12-9-6-3)51-70-61-59(58(68)57(67)55(50-63)71-61)72-56(66)49-46-43-40-37-34-31-28-26-23-20-17-14-11-8-5-2/h25,27,44,47,52-55,57-59,61,63-65,67-68H,4-24,26,28-43,45-46,48-51H2,1-3H3,(H,62,69)/b27-25+,47-44+. The Kier molecular flexibility index (Phi) is 47.3. The molecule has 0 aromatic carbocycles. The normalized spacial score (nSPS) is 19.6. The average molecular weight is 1020 g/mol. The van der Waals surface area contributed by atoms with Crippen LogP contribution in [0.4, 0.5) is 0 Å². The molecule has 1 amide bonds. The van der Waals surface area contributed by atoms with Crippen LogP contribution in [-0.2, 0) is 23.8 Å². The van der Waals surface area contributed by atoms with Crippen molar-refractivity contribution in [2.75, 3.05) is 13.2 Å². The molecule has 424 valence electrons. The molecule has 72 heavy (non-hydrogen) atoms. The van der Waals surface area contributed by atoms with Gasteiger partial charge < -0.3 is 45.1 Å². The topological polar surface area (TPSA) is 175 Å². The molecular formula is C61H115NO10. The Morgan fingerprint density at radius 2 is 0.917 bits per heavy atom. The fourth-order valence-corrected chi connectivity index (χ4v) is 9.71. The minimum Gasteiger partial charge on any atom is -0.454 e. The van der Waals surface area contributed by atoms with Crippen molar-refractivity contribution in [2.45, 2.75) is 339 Å². The van der Waals surface area contributed by atoms with E-state index in [1.807, 2.05) is 6.08 Å². The fraction of sp³-hybridized carbons (Fsp3) is 0.902. The summed E-state index contributed by atoms with van der Waals surface area (Å²) in [4.78, 5) is 26.5. The third-order valence-electron chi connectivity index (χ3n) is 14.6. The summed E-state index contributed by atoms with van der Waals surface area (Å²) in [5, 5.41) is 56.9. The van der Waals surface area contributed by atoms with Gasteiger partial charge in [-0.3, -0.25) is 9.59 Å². The molecule has 1 heterocycles. The van der Waals surface area contributed by atoms with Crippen LogP contribution in [0.1, 0.15) is 290 Å². The Hall–Kier alpha value is -1.86. The number of ether oxygens (including phenoxy) is 3. The molecule has 0 aliphatic carbocycles. The number of amides is 1. The molecule has 1 aliphatic rings. The summed E-state index contributed by atoms with van der Waals surface area (Å²) in [5.74, 6) is -1.19. The predicted molar refractivity (Wildman–Crippen MR) is 297 cm³/mol. The zero-order chi connectivity index (χ0) is 52.5. The van der Waals surface area contributed by atoms with Crippen LogP contribution in [0, 0.1) is 0 Å². The van der Waals surface area contributed by atoms with Gasteiger partial charge in [0.1, 0.15) is 24.4 Å². The number of rotatable bonds is 52. The van der Waals surface area contributed by atoms with Gasteiger partial charge in [0.05, 0.1) is 25.4 Å². The average Bonchev–Trinajstić information content (AvgIpc) is 3.38. The Labute approximate surface area is 441 Å². The van der Waals surface area contributed by atoms with Gasteiger partial charge in [-0.25, -0.2) is 0 Å². The zero-order valence-electron chi connectivity index (χ0n) is 46.8. The van der Waals surface area contributed by atoms with Gasteiger partial charge in [0.15, 0.2) is 12.4 Å². The van der Waals surface area contributed by atoms with Crippen molar-refractivity contribution in [3.8, 4) is 0 Å². The first-order chi connectivity index (χ1) is 35.2. The smallest absolute Gasteiger partial charge is 0.306 e. The number of esters is 1.